The van der Waals surface area contributed by atoms with E-state index < -0.39 is 5.97 Å². The lowest BCUT2D eigenvalue weighted by atomic mass is 10.3. The highest BCUT2D eigenvalue weighted by molar-refractivity contribution is 7.09. The van der Waals surface area contributed by atoms with Crippen LogP contribution in [0.3, 0.4) is 0 Å². The summed E-state index contributed by atoms with van der Waals surface area (Å²) in [6.07, 6.45) is 1.76. The minimum atomic E-state index is -0.780. The average molecular weight is 266 g/mol. The fourth-order valence-electron chi connectivity index (χ4n) is 1.52. The zero-order valence-electron chi connectivity index (χ0n) is 10.00. The molecule has 0 aliphatic heterocycles. The van der Waals surface area contributed by atoms with Crippen LogP contribution in [0.5, 0.6) is 0 Å². The van der Waals surface area contributed by atoms with Crippen molar-refractivity contribution in [2.75, 3.05) is 13.6 Å². The first-order chi connectivity index (χ1) is 8.65. The fourth-order valence-corrected chi connectivity index (χ4v) is 2.38. The van der Waals surface area contributed by atoms with Crippen LogP contribution in [0, 0.1) is 0 Å². The highest BCUT2D eigenvalue weighted by Crippen LogP contribution is 2.22. The lowest BCUT2D eigenvalue weighted by molar-refractivity contribution is -0.137. The summed E-state index contributed by atoms with van der Waals surface area (Å²) >= 11 is 1.55. The van der Waals surface area contributed by atoms with Gasteiger partial charge in [0.25, 0.3) is 0 Å². The topological polar surface area (TPSA) is 66.6 Å². The summed E-state index contributed by atoms with van der Waals surface area (Å²) in [5, 5.41) is 11.5. The molecule has 0 aromatic carbocycles. The molecule has 1 N–H and O–H groups in total. The lowest BCUT2D eigenvalue weighted by Crippen LogP contribution is -2.21. The van der Waals surface area contributed by atoms with Gasteiger partial charge in [-0.25, -0.2) is 4.98 Å². The van der Waals surface area contributed by atoms with Gasteiger partial charge in [-0.3, -0.25) is 9.69 Å². The number of aromatic nitrogens is 1. The molecule has 2 aromatic rings. The maximum absolute atomic E-state index is 10.5. The summed E-state index contributed by atoms with van der Waals surface area (Å²) in [7, 11) is 1.89. The average Bonchev–Trinajstić information content (AvgIpc) is 2.95. The Kier molecular flexibility index (Phi) is 4.11. The molecule has 0 saturated heterocycles. The molecular formula is C12H14N2O3S. The van der Waals surface area contributed by atoms with Gasteiger partial charge in [0.05, 0.1) is 19.2 Å². The monoisotopic (exact) mass is 266 g/mol. The Morgan fingerprint density at radius 1 is 1.61 bits per heavy atom. The normalized spacial score (nSPS) is 11.0. The molecule has 0 aliphatic rings. The molecule has 6 heteroatoms. The quantitative estimate of drug-likeness (QED) is 0.869. The standard InChI is InChI=1S/C12H14N2O3S/c1-14(5-4-12(15)16)7-11-13-9(8-18-11)10-3-2-6-17-10/h2-3,6,8H,4-5,7H2,1H3,(H,15,16). The Bertz CT molecular complexity index is 507. The SMILES string of the molecule is CN(CCC(=O)O)Cc1nc(-c2ccco2)cs1. The third kappa shape index (κ3) is 3.41. The van der Waals surface area contributed by atoms with Crippen LogP contribution < -0.4 is 0 Å². The molecule has 0 bridgehead atoms. The second kappa shape index (κ2) is 5.79. The number of hydrogen-bond acceptors (Lipinski definition) is 5. The number of furan rings is 1. The van der Waals surface area contributed by atoms with E-state index in [1.165, 1.54) is 0 Å². The first-order valence-electron chi connectivity index (χ1n) is 5.54. The molecule has 96 valence electrons. The number of hydrogen-bond donors (Lipinski definition) is 1. The molecule has 0 radical (unpaired) electrons. The van der Waals surface area contributed by atoms with E-state index in [4.69, 9.17) is 9.52 Å². The lowest BCUT2D eigenvalue weighted by Gasteiger charge is -2.12. The van der Waals surface area contributed by atoms with Crippen LogP contribution in [0.4, 0.5) is 0 Å². The van der Waals surface area contributed by atoms with Gasteiger partial charge in [-0.1, -0.05) is 0 Å². The Morgan fingerprint density at radius 3 is 3.11 bits per heavy atom. The number of carbonyl (C=O) groups is 1. The number of carboxylic acid groups (broad SMARTS) is 1. The minimum absolute atomic E-state index is 0.146. The Hall–Kier alpha value is -1.66. The second-order valence-electron chi connectivity index (χ2n) is 3.99. The fraction of sp³-hybridized carbons (Fsp3) is 0.333. The van der Waals surface area contributed by atoms with Crippen LogP contribution in [0.15, 0.2) is 28.2 Å². The molecule has 0 spiro atoms. The van der Waals surface area contributed by atoms with Crippen LogP contribution in [-0.4, -0.2) is 34.6 Å². The number of thiazole rings is 1. The van der Waals surface area contributed by atoms with Crippen molar-refractivity contribution < 1.29 is 14.3 Å². The van der Waals surface area contributed by atoms with E-state index in [0.717, 1.165) is 16.5 Å². The van der Waals surface area contributed by atoms with E-state index in [1.54, 1.807) is 17.6 Å². The number of rotatable bonds is 6. The predicted octanol–water partition coefficient (Wildman–Crippen LogP) is 2.31. The Labute approximate surface area is 109 Å². The second-order valence-corrected chi connectivity index (χ2v) is 4.93. The van der Waals surface area contributed by atoms with Gasteiger partial charge in [-0.15, -0.1) is 11.3 Å². The molecule has 0 amide bonds. The number of nitrogens with zero attached hydrogens (tertiary/aromatic N) is 2. The van der Waals surface area contributed by atoms with E-state index in [9.17, 15) is 4.79 Å². The van der Waals surface area contributed by atoms with Gasteiger partial charge in [0.1, 0.15) is 10.7 Å². The summed E-state index contributed by atoms with van der Waals surface area (Å²) < 4.78 is 5.27. The molecule has 0 atom stereocenters. The molecule has 0 fully saturated rings. The highest BCUT2D eigenvalue weighted by Gasteiger charge is 2.09. The van der Waals surface area contributed by atoms with Crippen molar-refractivity contribution in [3.05, 3.63) is 28.8 Å². The van der Waals surface area contributed by atoms with E-state index >= 15 is 0 Å². The van der Waals surface area contributed by atoms with Gasteiger partial charge in [0.2, 0.25) is 0 Å². The van der Waals surface area contributed by atoms with E-state index in [-0.39, 0.29) is 6.42 Å². The van der Waals surface area contributed by atoms with E-state index in [1.807, 2.05) is 29.5 Å². The van der Waals surface area contributed by atoms with E-state index in [0.29, 0.717) is 13.1 Å². The molecule has 0 saturated carbocycles. The van der Waals surface area contributed by atoms with Crippen molar-refractivity contribution in [1.82, 2.24) is 9.88 Å². The Balaban J connectivity index is 1.92. The third-order valence-electron chi connectivity index (χ3n) is 2.44. The first-order valence-corrected chi connectivity index (χ1v) is 6.42. The maximum atomic E-state index is 10.5. The Morgan fingerprint density at radius 2 is 2.44 bits per heavy atom. The van der Waals surface area contributed by atoms with Crippen LogP contribution in [0.1, 0.15) is 11.4 Å². The zero-order valence-corrected chi connectivity index (χ0v) is 10.8. The molecule has 2 aromatic heterocycles. The summed E-state index contributed by atoms with van der Waals surface area (Å²) in [6, 6.07) is 3.69. The molecule has 0 aliphatic carbocycles. The zero-order chi connectivity index (χ0) is 13.0. The molecule has 2 rings (SSSR count). The molecular weight excluding hydrogens is 252 g/mol. The van der Waals surface area contributed by atoms with Gasteiger partial charge in [-0.2, -0.15) is 0 Å². The van der Waals surface area contributed by atoms with Crippen LogP contribution in [0.2, 0.25) is 0 Å². The van der Waals surface area contributed by atoms with Gasteiger partial charge >= 0.3 is 5.97 Å². The van der Waals surface area contributed by atoms with Crippen LogP contribution in [-0.2, 0) is 11.3 Å². The van der Waals surface area contributed by atoms with Crippen molar-refractivity contribution in [3.63, 3.8) is 0 Å². The number of aliphatic carboxylic acids is 1. The van der Waals surface area contributed by atoms with Crippen LogP contribution in [0.25, 0.3) is 11.5 Å². The van der Waals surface area contributed by atoms with Crippen molar-refractivity contribution in [2.45, 2.75) is 13.0 Å². The van der Waals surface area contributed by atoms with Crippen molar-refractivity contribution in [3.8, 4) is 11.5 Å². The summed E-state index contributed by atoms with van der Waals surface area (Å²) in [4.78, 5) is 16.9. The van der Waals surface area contributed by atoms with E-state index in [2.05, 4.69) is 4.98 Å². The third-order valence-corrected chi connectivity index (χ3v) is 3.27. The van der Waals surface area contributed by atoms with Gasteiger partial charge < -0.3 is 9.52 Å². The largest absolute Gasteiger partial charge is 0.481 e. The molecule has 0 unspecified atom stereocenters. The maximum Gasteiger partial charge on any atom is 0.304 e. The highest BCUT2D eigenvalue weighted by atomic mass is 32.1. The van der Waals surface area contributed by atoms with Crippen molar-refractivity contribution >= 4 is 17.3 Å². The molecule has 2 heterocycles. The minimum Gasteiger partial charge on any atom is -0.481 e. The molecule has 18 heavy (non-hydrogen) atoms. The smallest absolute Gasteiger partial charge is 0.304 e. The van der Waals surface area contributed by atoms with Crippen molar-refractivity contribution in [2.24, 2.45) is 0 Å². The van der Waals surface area contributed by atoms with Gasteiger partial charge in [0, 0.05) is 11.9 Å². The predicted molar refractivity (Wildman–Crippen MR) is 68.4 cm³/mol. The number of carboxylic acids is 1. The van der Waals surface area contributed by atoms with Crippen molar-refractivity contribution in [1.29, 1.82) is 0 Å². The van der Waals surface area contributed by atoms with Gasteiger partial charge in [-0.05, 0) is 19.2 Å². The summed E-state index contributed by atoms with van der Waals surface area (Å²) in [5.41, 5.74) is 0.826. The molecule has 5 nitrogen and oxygen atoms in total. The first kappa shape index (κ1) is 12.8. The summed E-state index contributed by atoms with van der Waals surface area (Å²) in [5.74, 6) is -0.0250. The van der Waals surface area contributed by atoms with Gasteiger partial charge in [0.15, 0.2) is 5.76 Å². The summed E-state index contributed by atoms with van der Waals surface area (Å²) in [6.45, 7) is 1.17. The van der Waals surface area contributed by atoms with Crippen LogP contribution >= 0.6 is 11.3 Å².